The normalized spacial score (nSPS) is 12.0. The molecule has 0 aliphatic carbocycles. The Bertz CT molecular complexity index is 640. The van der Waals surface area contributed by atoms with Crippen LogP contribution in [0.25, 0.3) is 0 Å². The first-order chi connectivity index (χ1) is 10.8. The lowest BCUT2D eigenvalue weighted by atomic mass is 10.1. The second-order valence-electron chi connectivity index (χ2n) is 5.53. The van der Waals surface area contributed by atoms with Crippen LogP contribution >= 0.6 is 0 Å². The van der Waals surface area contributed by atoms with Gasteiger partial charge in [0.15, 0.2) is 0 Å². The summed E-state index contributed by atoms with van der Waals surface area (Å²) in [6.45, 7) is 3.20. The van der Waals surface area contributed by atoms with Crippen molar-refractivity contribution in [3.63, 3.8) is 0 Å². The predicted molar refractivity (Wildman–Crippen MR) is 80.1 cm³/mol. The zero-order chi connectivity index (χ0) is 17.0. The summed E-state index contributed by atoms with van der Waals surface area (Å²) < 4.78 is 43.9. The third-order valence-electron chi connectivity index (χ3n) is 3.23. The number of hydrogen-bond donors (Lipinski definition) is 0. The van der Waals surface area contributed by atoms with Crippen molar-refractivity contribution in [2.24, 2.45) is 0 Å². The fraction of sp³-hybridized carbons (Fsp3) is 0.467. The fourth-order valence-electron chi connectivity index (χ4n) is 2.04. The van der Waals surface area contributed by atoms with Gasteiger partial charge in [-0.05, 0) is 31.8 Å². The van der Waals surface area contributed by atoms with Gasteiger partial charge in [0.1, 0.15) is 0 Å². The summed E-state index contributed by atoms with van der Waals surface area (Å²) in [5.41, 5.74) is -0.126. The van der Waals surface area contributed by atoms with Crippen LogP contribution in [-0.2, 0) is 12.7 Å². The molecule has 1 aromatic heterocycles. The van der Waals surface area contributed by atoms with Gasteiger partial charge in [-0.3, -0.25) is 0 Å². The van der Waals surface area contributed by atoms with E-state index in [9.17, 15) is 13.2 Å². The number of rotatable bonds is 6. The molecular weight excluding hydrogens is 309 g/mol. The molecule has 0 radical (unpaired) electrons. The minimum atomic E-state index is -4.36. The molecule has 0 spiro atoms. The van der Waals surface area contributed by atoms with Crippen LogP contribution in [0.2, 0.25) is 0 Å². The summed E-state index contributed by atoms with van der Waals surface area (Å²) in [5, 5.41) is 7.74. The molecule has 0 aliphatic rings. The van der Waals surface area contributed by atoms with E-state index >= 15 is 0 Å². The molecule has 0 bridgehead atoms. The van der Waals surface area contributed by atoms with E-state index in [1.54, 1.807) is 17.9 Å². The monoisotopic (exact) mass is 328 g/mol. The van der Waals surface area contributed by atoms with Crippen molar-refractivity contribution in [1.29, 1.82) is 0 Å². The minimum absolute atomic E-state index is 0.263. The summed E-state index contributed by atoms with van der Waals surface area (Å²) in [6.07, 6.45) is -4.36. The average molecular weight is 328 g/mol. The highest BCUT2D eigenvalue weighted by Gasteiger charge is 2.30. The molecule has 0 fully saturated rings. The van der Waals surface area contributed by atoms with Gasteiger partial charge in [-0.2, -0.15) is 13.2 Å². The van der Waals surface area contributed by atoms with Crippen LogP contribution in [0.4, 0.5) is 19.2 Å². The Kier molecular flexibility index (Phi) is 5.25. The number of nitrogens with zero attached hydrogens (tertiary/aromatic N) is 4. The summed E-state index contributed by atoms with van der Waals surface area (Å²) >= 11 is 0. The second kappa shape index (κ2) is 6.99. The second-order valence-corrected chi connectivity index (χ2v) is 5.53. The van der Waals surface area contributed by atoms with Gasteiger partial charge in [-0.15, -0.1) is 5.10 Å². The predicted octanol–water partition coefficient (Wildman–Crippen LogP) is 2.97. The first-order valence-corrected chi connectivity index (χ1v) is 7.11. The zero-order valence-corrected chi connectivity index (χ0v) is 13.3. The molecule has 5 nitrogen and oxygen atoms in total. The van der Waals surface area contributed by atoms with Gasteiger partial charge in [-0.1, -0.05) is 17.2 Å². The highest BCUT2D eigenvalue weighted by Crippen LogP contribution is 2.30. The number of anilines is 1. The number of alkyl halides is 3. The van der Waals surface area contributed by atoms with E-state index < -0.39 is 11.7 Å². The Morgan fingerprint density at radius 3 is 2.43 bits per heavy atom. The van der Waals surface area contributed by atoms with Crippen LogP contribution in [0.5, 0.6) is 0 Å². The van der Waals surface area contributed by atoms with Gasteiger partial charge in [0.05, 0.1) is 5.56 Å². The molecule has 23 heavy (non-hydrogen) atoms. The summed E-state index contributed by atoms with van der Waals surface area (Å²) in [4.78, 5) is 3.75. The largest absolute Gasteiger partial charge is 0.416 e. The molecule has 0 aliphatic heterocycles. The topological polar surface area (TPSA) is 45.4 Å². The number of likely N-dealkylation sites (N-methyl/N-ethyl adjacent to an activating group) is 1. The molecule has 0 saturated carbocycles. The Labute approximate surface area is 132 Å². The van der Waals surface area contributed by atoms with Gasteiger partial charge in [0, 0.05) is 26.6 Å². The lowest BCUT2D eigenvalue weighted by Gasteiger charge is -2.22. The van der Waals surface area contributed by atoms with Gasteiger partial charge in [0.2, 0.25) is 5.89 Å². The SMILES string of the molecule is Cc1nnc(N(CCN(C)C)Cc2cccc(C(F)(F)F)c2)o1. The summed E-state index contributed by atoms with van der Waals surface area (Å²) in [7, 11) is 3.84. The summed E-state index contributed by atoms with van der Waals surface area (Å²) in [5.74, 6) is 0.416. The van der Waals surface area contributed by atoms with Crippen LogP contribution in [0.3, 0.4) is 0 Å². The van der Waals surface area contributed by atoms with Crippen molar-refractivity contribution in [1.82, 2.24) is 15.1 Å². The molecule has 1 aromatic carbocycles. The van der Waals surface area contributed by atoms with E-state index in [0.717, 1.165) is 12.1 Å². The van der Waals surface area contributed by atoms with Crippen molar-refractivity contribution in [3.05, 3.63) is 41.3 Å². The quantitative estimate of drug-likeness (QED) is 0.816. The van der Waals surface area contributed by atoms with E-state index in [-0.39, 0.29) is 6.54 Å². The molecule has 2 aromatic rings. The van der Waals surface area contributed by atoms with Gasteiger partial charge < -0.3 is 14.2 Å². The third-order valence-corrected chi connectivity index (χ3v) is 3.23. The standard InChI is InChI=1S/C15H19F3N4O/c1-11-19-20-14(23-11)22(8-7-21(2)3)10-12-5-4-6-13(9-12)15(16,17)18/h4-6,9H,7-8,10H2,1-3H3. The summed E-state index contributed by atoms with van der Waals surface area (Å²) in [6, 6.07) is 5.57. The van der Waals surface area contributed by atoms with E-state index in [1.165, 1.54) is 6.07 Å². The van der Waals surface area contributed by atoms with Gasteiger partial charge >= 0.3 is 12.2 Å². The van der Waals surface area contributed by atoms with Crippen molar-refractivity contribution in [2.75, 3.05) is 32.1 Å². The molecular formula is C15H19F3N4O. The van der Waals surface area contributed by atoms with E-state index in [1.807, 2.05) is 19.0 Å². The zero-order valence-electron chi connectivity index (χ0n) is 13.3. The van der Waals surface area contributed by atoms with Crippen LogP contribution in [-0.4, -0.2) is 42.3 Å². The number of halogens is 3. The van der Waals surface area contributed by atoms with E-state index in [0.29, 0.717) is 30.6 Å². The Hall–Kier alpha value is -2.09. The molecule has 0 N–H and O–H groups in total. The molecule has 0 amide bonds. The fourth-order valence-corrected chi connectivity index (χ4v) is 2.04. The van der Waals surface area contributed by atoms with Crippen LogP contribution in [0.15, 0.2) is 28.7 Å². The van der Waals surface area contributed by atoms with Crippen molar-refractivity contribution in [3.8, 4) is 0 Å². The highest BCUT2D eigenvalue weighted by atomic mass is 19.4. The maximum atomic E-state index is 12.8. The Morgan fingerprint density at radius 2 is 1.87 bits per heavy atom. The van der Waals surface area contributed by atoms with Crippen molar-refractivity contribution in [2.45, 2.75) is 19.6 Å². The van der Waals surface area contributed by atoms with Gasteiger partial charge in [0.25, 0.3) is 0 Å². The number of aryl methyl sites for hydroxylation is 1. The molecule has 1 heterocycles. The Morgan fingerprint density at radius 1 is 1.13 bits per heavy atom. The first-order valence-electron chi connectivity index (χ1n) is 7.11. The molecule has 2 rings (SSSR count). The van der Waals surface area contributed by atoms with Crippen LogP contribution in [0.1, 0.15) is 17.0 Å². The van der Waals surface area contributed by atoms with Crippen LogP contribution in [0, 0.1) is 6.92 Å². The smallest absolute Gasteiger partial charge is 0.408 e. The highest BCUT2D eigenvalue weighted by molar-refractivity contribution is 5.32. The molecule has 0 unspecified atom stereocenters. The molecule has 126 valence electrons. The van der Waals surface area contributed by atoms with E-state index in [2.05, 4.69) is 10.2 Å². The average Bonchev–Trinajstić information content (AvgIpc) is 2.89. The maximum Gasteiger partial charge on any atom is 0.416 e. The Balaban J connectivity index is 2.20. The van der Waals surface area contributed by atoms with Gasteiger partial charge in [-0.25, -0.2) is 0 Å². The minimum Gasteiger partial charge on any atom is -0.408 e. The molecule has 0 atom stereocenters. The number of hydrogen-bond acceptors (Lipinski definition) is 5. The molecule has 8 heteroatoms. The maximum absolute atomic E-state index is 12.8. The van der Waals surface area contributed by atoms with Crippen molar-refractivity contribution < 1.29 is 17.6 Å². The lowest BCUT2D eigenvalue weighted by molar-refractivity contribution is -0.137. The third kappa shape index (κ3) is 4.95. The van der Waals surface area contributed by atoms with E-state index in [4.69, 9.17) is 4.42 Å². The number of benzene rings is 1. The lowest BCUT2D eigenvalue weighted by Crippen LogP contribution is -2.31. The van der Waals surface area contributed by atoms with Crippen LogP contribution < -0.4 is 4.90 Å². The number of aromatic nitrogens is 2. The van der Waals surface area contributed by atoms with Crippen molar-refractivity contribution >= 4 is 6.01 Å². The first kappa shape index (κ1) is 17.3. The molecule has 0 saturated heterocycles.